The van der Waals surface area contributed by atoms with Crippen molar-refractivity contribution in [3.8, 4) is 0 Å². The molecule has 0 amide bonds. The third-order valence-corrected chi connectivity index (χ3v) is 1.79. The van der Waals surface area contributed by atoms with Crippen LogP contribution in [0.1, 0.15) is 6.92 Å². The summed E-state index contributed by atoms with van der Waals surface area (Å²) in [6.07, 6.45) is 2.95. The molecule has 0 atom stereocenters. The van der Waals surface area contributed by atoms with Gasteiger partial charge in [0.15, 0.2) is 0 Å². The number of nitrogens with one attached hydrogen (secondary N) is 1. The average molecular weight is 217 g/mol. The second kappa shape index (κ2) is 6.45. The van der Waals surface area contributed by atoms with Crippen LogP contribution >= 0.6 is 0 Å². The minimum Gasteiger partial charge on any atom is -0.458 e. The van der Waals surface area contributed by atoms with Gasteiger partial charge in [0.25, 0.3) is 0 Å². The fraction of sp³-hybridized carbons (Fsp3) is 0.154. The summed E-state index contributed by atoms with van der Waals surface area (Å²) in [6.45, 7) is 5.50. The summed E-state index contributed by atoms with van der Waals surface area (Å²) in [5.74, 6) is -0.374. The second-order valence-corrected chi connectivity index (χ2v) is 3.24. The van der Waals surface area contributed by atoms with E-state index in [0.717, 1.165) is 11.4 Å². The maximum atomic E-state index is 11.2. The van der Waals surface area contributed by atoms with Crippen molar-refractivity contribution in [1.82, 2.24) is 0 Å². The van der Waals surface area contributed by atoms with Gasteiger partial charge in [-0.2, -0.15) is 0 Å². The summed E-state index contributed by atoms with van der Waals surface area (Å²) in [6, 6.07) is 9.62. The molecule has 3 nitrogen and oxygen atoms in total. The van der Waals surface area contributed by atoms with E-state index in [-0.39, 0.29) is 12.6 Å². The molecule has 0 aliphatic rings. The molecule has 0 radical (unpaired) electrons. The number of hydrogen-bond donors (Lipinski definition) is 1. The van der Waals surface area contributed by atoms with Crippen LogP contribution in [0.5, 0.6) is 0 Å². The molecule has 0 aromatic heterocycles. The number of carbonyl (C=O) groups is 1. The lowest BCUT2D eigenvalue weighted by Crippen LogP contribution is -2.04. The van der Waals surface area contributed by atoms with E-state index in [1.54, 1.807) is 0 Å². The zero-order valence-corrected chi connectivity index (χ0v) is 9.27. The molecular weight excluding hydrogens is 202 g/mol. The molecular formula is C13H15NO2. The van der Waals surface area contributed by atoms with Gasteiger partial charge in [-0.15, -0.1) is 0 Å². The highest BCUT2D eigenvalue weighted by Gasteiger charge is 1.98. The summed E-state index contributed by atoms with van der Waals surface area (Å²) < 4.78 is 4.83. The highest BCUT2D eigenvalue weighted by Crippen LogP contribution is 2.08. The Balaban J connectivity index is 2.51. The van der Waals surface area contributed by atoms with Gasteiger partial charge >= 0.3 is 5.97 Å². The van der Waals surface area contributed by atoms with Gasteiger partial charge in [-0.3, -0.25) is 0 Å². The van der Waals surface area contributed by atoms with Gasteiger partial charge in [-0.05, 0) is 19.1 Å². The lowest BCUT2D eigenvalue weighted by molar-refractivity contribution is -0.136. The number of benzene rings is 1. The summed E-state index contributed by atoms with van der Waals surface area (Å²) in [7, 11) is 0. The van der Waals surface area contributed by atoms with Crippen LogP contribution in [0.15, 0.2) is 54.8 Å². The Morgan fingerprint density at radius 2 is 2.12 bits per heavy atom. The molecule has 0 heterocycles. The molecule has 1 rings (SSSR count). The first-order valence-electron chi connectivity index (χ1n) is 5.00. The number of anilines is 1. The molecule has 0 fully saturated rings. The molecule has 84 valence electrons. The third kappa shape index (κ3) is 4.46. The van der Waals surface area contributed by atoms with Crippen LogP contribution in [-0.2, 0) is 9.53 Å². The average Bonchev–Trinajstić information content (AvgIpc) is 2.27. The normalized spacial score (nSPS) is 10.7. The molecule has 0 unspecified atom stereocenters. The Labute approximate surface area is 95.4 Å². The number of ether oxygens (including phenoxy) is 1. The number of para-hydroxylation sites is 1. The predicted molar refractivity (Wildman–Crippen MR) is 65.0 cm³/mol. The van der Waals surface area contributed by atoms with Crippen LogP contribution < -0.4 is 5.32 Å². The first-order valence-corrected chi connectivity index (χ1v) is 5.00. The number of rotatable bonds is 5. The number of allylic oxidation sites excluding steroid dienone is 1. The summed E-state index contributed by atoms with van der Waals surface area (Å²) >= 11 is 0. The van der Waals surface area contributed by atoms with Crippen molar-refractivity contribution < 1.29 is 9.53 Å². The number of esters is 1. The fourth-order valence-electron chi connectivity index (χ4n) is 1.14. The van der Waals surface area contributed by atoms with Crippen LogP contribution in [0.3, 0.4) is 0 Å². The molecule has 16 heavy (non-hydrogen) atoms. The van der Waals surface area contributed by atoms with E-state index in [2.05, 4.69) is 11.9 Å². The van der Waals surface area contributed by atoms with Crippen LogP contribution in [-0.4, -0.2) is 12.6 Å². The molecule has 0 bridgehead atoms. The van der Waals surface area contributed by atoms with Crippen molar-refractivity contribution in [2.75, 3.05) is 11.9 Å². The molecule has 0 saturated carbocycles. The van der Waals surface area contributed by atoms with Gasteiger partial charge in [0.2, 0.25) is 0 Å². The van der Waals surface area contributed by atoms with Gasteiger partial charge in [-0.1, -0.05) is 30.9 Å². The second-order valence-electron chi connectivity index (χ2n) is 3.24. The quantitative estimate of drug-likeness (QED) is 0.468. The van der Waals surface area contributed by atoms with Crippen LogP contribution in [0.2, 0.25) is 0 Å². The molecule has 1 aromatic carbocycles. The molecule has 0 aliphatic carbocycles. The highest BCUT2D eigenvalue weighted by molar-refractivity contribution is 5.83. The Bertz CT molecular complexity index is 382. The minimum atomic E-state index is -0.374. The van der Waals surface area contributed by atoms with Crippen LogP contribution in [0, 0.1) is 0 Å². The number of hydrogen-bond acceptors (Lipinski definition) is 3. The van der Waals surface area contributed by atoms with E-state index in [1.807, 2.05) is 37.3 Å². The predicted octanol–water partition coefficient (Wildman–Crippen LogP) is 2.73. The van der Waals surface area contributed by atoms with Crippen molar-refractivity contribution in [1.29, 1.82) is 0 Å². The topological polar surface area (TPSA) is 38.3 Å². The fourth-order valence-corrected chi connectivity index (χ4v) is 1.14. The monoisotopic (exact) mass is 217 g/mol. The molecule has 0 saturated heterocycles. The SMILES string of the molecule is C=CCOC(=O)C=C(C)Nc1ccccc1. The van der Waals surface area contributed by atoms with E-state index in [9.17, 15) is 4.79 Å². The maximum absolute atomic E-state index is 11.2. The van der Waals surface area contributed by atoms with E-state index in [1.165, 1.54) is 12.2 Å². The largest absolute Gasteiger partial charge is 0.458 e. The molecule has 3 heteroatoms. The van der Waals surface area contributed by atoms with Crippen molar-refractivity contribution >= 4 is 11.7 Å². The summed E-state index contributed by atoms with van der Waals surface area (Å²) in [5, 5.41) is 3.08. The first kappa shape index (κ1) is 12.0. The Morgan fingerprint density at radius 1 is 1.44 bits per heavy atom. The van der Waals surface area contributed by atoms with Gasteiger partial charge in [0.1, 0.15) is 6.61 Å². The Hall–Kier alpha value is -2.03. The van der Waals surface area contributed by atoms with Crippen molar-refractivity contribution in [2.24, 2.45) is 0 Å². The van der Waals surface area contributed by atoms with E-state index in [4.69, 9.17) is 4.74 Å². The minimum absolute atomic E-state index is 0.230. The van der Waals surface area contributed by atoms with Gasteiger partial charge < -0.3 is 10.1 Å². The number of carbonyl (C=O) groups excluding carboxylic acids is 1. The maximum Gasteiger partial charge on any atom is 0.332 e. The lowest BCUT2D eigenvalue weighted by Gasteiger charge is -2.05. The van der Waals surface area contributed by atoms with Crippen LogP contribution in [0.25, 0.3) is 0 Å². The van der Waals surface area contributed by atoms with Crippen molar-refractivity contribution in [3.05, 3.63) is 54.8 Å². The Kier molecular flexibility index (Phi) is 4.86. The van der Waals surface area contributed by atoms with Crippen molar-refractivity contribution in [3.63, 3.8) is 0 Å². The third-order valence-electron chi connectivity index (χ3n) is 1.79. The first-order chi connectivity index (χ1) is 7.72. The lowest BCUT2D eigenvalue weighted by atomic mass is 10.3. The highest BCUT2D eigenvalue weighted by atomic mass is 16.5. The van der Waals surface area contributed by atoms with Gasteiger partial charge in [0, 0.05) is 17.5 Å². The zero-order chi connectivity index (χ0) is 11.8. The summed E-state index contributed by atoms with van der Waals surface area (Å²) in [5.41, 5.74) is 1.67. The van der Waals surface area contributed by atoms with Gasteiger partial charge in [0.05, 0.1) is 0 Å². The van der Waals surface area contributed by atoms with E-state index >= 15 is 0 Å². The Morgan fingerprint density at radius 3 is 2.75 bits per heavy atom. The van der Waals surface area contributed by atoms with E-state index in [0.29, 0.717) is 0 Å². The van der Waals surface area contributed by atoms with E-state index < -0.39 is 0 Å². The van der Waals surface area contributed by atoms with Crippen molar-refractivity contribution in [2.45, 2.75) is 6.92 Å². The zero-order valence-electron chi connectivity index (χ0n) is 9.27. The molecule has 0 spiro atoms. The molecule has 1 N–H and O–H groups in total. The molecule has 0 aliphatic heterocycles. The summed E-state index contributed by atoms with van der Waals surface area (Å²) in [4.78, 5) is 11.2. The molecule has 1 aromatic rings. The standard InChI is InChI=1S/C13H15NO2/c1-3-9-16-13(15)10-11(2)14-12-7-5-4-6-8-12/h3-8,10,14H,1,9H2,2H3. The van der Waals surface area contributed by atoms with Gasteiger partial charge in [-0.25, -0.2) is 4.79 Å². The van der Waals surface area contributed by atoms with Crippen LogP contribution in [0.4, 0.5) is 5.69 Å². The smallest absolute Gasteiger partial charge is 0.332 e.